The summed E-state index contributed by atoms with van der Waals surface area (Å²) >= 11 is 7.93. The fourth-order valence-electron chi connectivity index (χ4n) is 3.92. The Kier molecular flexibility index (Phi) is 5.55. The second-order valence-corrected chi connectivity index (χ2v) is 8.33. The Labute approximate surface area is 163 Å². The maximum absolute atomic E-state index is 11.3. The van der Waals surface area contributed by atoms with Crippen molar-refractivity contribution in [3.05, 3.63) is 58.6 Å². The van der Waals surface area contributed by atoms with Crippen LogP contribution in [0.2, 0.25) is 5.02 Å². The molecule has 1 fully saturated rings. The molecule has 2 aliphatic rings. The molecule has 2 aliphatic heterocycles. The van der Waals surface area contributed by atoms with Crippen molar-refractivity contribution in [2.24, 2.45) is 0 Å². The lowest BCUT2D eigenvalue weighted by atomic mass is 9.94. The molecule has 26 heavy (non-hydrogen) atoms. The van der Waals surface area contributed by atoms with Crippen LogP contribution in [0.4, 0.5) is 0 Å². The van der Waals surface area contributed by atoms with E-state index in [4.69, 9.17) is 16.7 Å². The summed E-state index contributed by atoms with van der Waals surface area (Å²) in [6, 6.07) is 14.1. The van der Waals surface area contributed by atoms with E-state index in [1.165, 1.54) is 10.5 Å². The minimum absolute atomic E-state index is 0.0882. The molecule has 0 radical (unpaired) electrons. The van der Waals surface area contributed by atoms with Gasteiger partial charge in [0, 0.05) is 47.5 Å². The van der Waals surface area contributed by atoms with E-state index < -0.39 is 6.10 Å². The average molecular weight is 391 g/mol. The third-order valence-electron chi connectivity index (χ3n) is 5.26. The Hall–Kier alpha value is -1.08. The molecule has 4 nitrogen and oxygen atoms in total. The average Bonchev–Trinajstić information content (AvgIpc) is 2.77. The van der Waals surface area contributed by atoms with Crippen molar-refractivity contribution in [1.82, 2.24) is 9.80 Å². The number of halogens is 1. The number of benzene rings is 2. The fourth-order valence-corrected chi connectivity index (χ4v) is 5.23. The summed E-state index contributed by atoms with van der Waals surface area (Å²) in [5.74, 6) is 0. The molecule has 0 spiro atoms. The molecule has 1 saturated heterocycles. The van der Waals surface area contributed by atoms with Crippen LogP contribution in [0, 0.1) is 0 Å². The van der Waals surface area contributed by atoms with Crippen molar-refractivity contribution in [2.45, 2.75) is 21.9 Å². The molecule has 2 aromatic carbocycles. The highest BCUT2D eigenvalue weighted by molar-refractivity contribution is 7.99. The van der Waals surface area contributed by atoms with Crippen molar-refractivity contribution in [2.75, 3.05) is 39.3 Å². The summed E-state index contributed by atoms with van der Waals surface area (Å²) in [7, 11) is 0. The monoisotopic (exact) mass is 390 g/mol. The smallest absolute Gasteiger partial charge is 0.0998 e. The van der Waals surface area contributed by atoms with Gasteiger partial charge in [0.1, 0.15) is 0 Å². The van der Waals surface area contributed by atoms with E-state index >= 15 is 0 Å². The molecule has 0 unspecified atom stereocenters. The first-order chi connectivity index (χ1) is 12.7. The third-order valence-corrected chi connectivity index (χ3v) is 6.68. The molecule has 0 bridgehead atoms. The van der Waals surface area contributed by atoms with Crippen molar-refractivity contribution >= 4 is 23.4 Å². The van der Waals surface area contributed by atoms with Gasteiger partial charge in [-0.1, -0.05) is 41.6 Å². The summed E-state index contributed by atoms with van der Waals surface area (Å²) in [5.41, 5.74) is 2.08. The number of fused-ring (bicyclic) bond motifs is 2. The predicted molar refractivity (Wildman–Crippen MR) is 105 cm³/mol. The molecular weight excluding hydrogens is 368 g/mol. The van der Waals surface area contributed by atoms with Crippen LogP contribution in [-0.4, -0.2) is 59.3 Å². The van der Waals surface area contributed by atoms with Crippen LogP contribution in [-0.2, 0) is 0 Å². The van der Waals surface area contributed by atoms with Gasteiger partial charge in [-0.3, -0.25) is 9.80 Å². The number of rotatable bonds is 3. The largest absolute Gasteiger partial charge is 0.395 e. The molecule has 2 heterocycles. The van der Waals surface area contributed by atoms with Crippen LogP contribution < -0.4 is 0 Å². The van der Waals surface area contributed by atoms with Gasteiger partial charge in [-0.2, -0.15) is 0 Å². The summed E-state index contributed by atoms with van der Waals surface area (Å²) in [6.45, 7) is 4.46. The van der Waals surface area contributed by atoms with Crippen LogP contribution in [0.5, 0.6) is 0 Å². The zero-order valence-electron chi connectivity index (χ0n) is 14.5. The minimum atomic E-state index is -0.621. The molecule has 0 amide bonds. The minimum Gasteiger partial charge on any atom is -0.395 e. The highest BCUT2D eigenvalue weighted by Crippen LogP contribution is 2.48. The molecule has 6 heteroatoms. The zero-order chi connectivity index (χ0) is 18.1. The first-order valence-electron chi connectivity index (χ1n) is 8.99. The Morgan fingerprint density at radius 1 is 1.00 bits per heavy atom. The van der Waals surface area contributed by atoms with Gasteiger partial charge < -0.3 is 10.2 Å². The number of nitrogens with zero attached hydrogens (tertiary/aromatic N) is 2. The highest BCUT2D eigenvalue weighted by atomic mass is 35.5. The molecule has 4 rings (SSSR count). The van der Waals surface area contributed by atoms with Crippen LogP contribution >= 0.6 is 23.4 Å². The van der Waals surface area contributed by atoms with Gasteiger partial charge in [0.05, 0.1) is 18.8 Å². The lowest BCUT2D eigenvalue weighted by Gasteiger charge is -2.41. The SMILES string of the molecule is OCCN1CCN([C@H]2c3ccccc3Sc3ccc(Cl)cc3[C@H]2O)CC1. The van der Waals surface area contributed by atoms with Crippen molar-refractivity contribution in [3.63, 3.8) is 0 Å². The van der Waals surface area contributed by atoms with Crippen LogP contribution in [0.25, 0.3) is 0 Å². The Bertz CT molecular complexity index is 780. The molecule has 2 atom stereocenters. The molecular formula is C20H23ClN2O2S. The number of aliphatic hydroxyl groups is 2. The maximum Gasteiger partial charge on any atom is 0.0998 e. The van der Waals surface area contributed by atoms with Crippen molar-refractivity contribution in [3.8, 4) is 0 Å². The lowest BCUT2D eigenvalue weighted by molar-refractivity contribution is 0.0119. The molecule has 2 aromatic rings. The third kappa shape index (κ3) is 3.52. The second-order valence-electron chi connectivity index (χ2n) is 6.81. The first-order valence-corrected chi connectivity index (χ1v) is 10.2. The van der Waals surface area contributed by atoms with Gasteiger partial charge in [0.2, 0.25) is 0 Å². The van der Waals surface area contributed by atoms with E-state index in [-0.39, 0.29) is 12.6 Å². The summed E-state index contributed by atoms with van der Waals surface area (Å²) < 4.78 is 0. The number of piperazine rings is 1. The quantitative estimate of drug-likeness (QED) is 0.842. The number of β-amino-alcohol motifs (C(OH)–C–C–N with tert-alkyl or cyclic N) is 1. The maximum atomic E-state index is 11.3. The van der Waals surface area contributed by atoms with Gasteiger partial charge in [-0.05, 0) is 35.4 Å². The molecule has 138 valence electrons. The topological polar surface area (TPSA) is 46.9 Å². The summed E-state index contributed by atoms with van der Waals surface area (Å²) in [5, 5.41) is 21.1. The van der Waals surface area contributed by atoms with Crippen molar-refractivity contribution in [1.29, 1.82) is 0 Å². The molecule has 0 saturated carbocycles. The Morgan fingerprint density at radius 2 is 1.73 bits per heavy atom. The van der Waals surface area contributed by atoms with E-state index in [1.54, 1.807) is 11.8 Å². The van der Waals surface area contributed by atoms with Crippen LogP contribution in [0.1, 0.15) is 23.3 Å². The second kappa shape index (κ2) is 7.89. The lowest BCUT2D eigenvalue weighted by Crippen LogP contribution is -2.49. The fraction of sp³-hybridized carbons (Fsp3) is 0.400. The number of aliphatic hydroxyl groups excluding tert-OH is 2. The highest BCUT2D eigenvalue weighted by Gasteiger charge is 2.36. The number of hydrogen-bond donors (Lipinski definition) is 2. The Balaban J connectivity index is 1.70. The first kappa shape index (κ1) is 18.3. The van der Waals surface area contributed by atoms with Crippen LogP contribution in [0.15, 0.2) is 52.3 Å². The van der Waals surface area contributed by atoms with Crippen LogP contribution in [0.3, 0.4) is 0 Å². The standard InChI is InChI=1S/C20H23ClN2O2S/c21-14-5-6-18-16(13-14)20(25)19(15-3-1-2-4-17(15)26-18)23-9-7-22(8-10-23)11-12-24/h1-6,13,19-20,24-25H,7-12H2/t19-,20+/m0/s1. The normalized spacial score (nSPS) is 24.0. The van der Waals surface area contributed by atoms with Gasteiger partial charge in [-0.25, -0.2) is 0 Å². The zero-order valence-corrected chi connectivity index (χ0v) is 16.1. The molecule has 2 N–H and O–H groups in total. The predicted octanol–water partition coefficient (Wildman–Crippen LogP) is 3.19. The van der Waals surface area contributed by atoms with E-state index in [1.807, 2.05) is 24.3 Å². The summed E-state index contributed by atoms with van der Waals surface area (Å²) in [6.07, 6.45) is -0.621. The molecule has 0 aromatic heterocycles. The van der Waals surface area contributed by atoms with E-state index in [0.29, 0.717) is 11.6 Å². The Morgan fingerprint density at radius 3 is 2.50 bits per heavy atom. The van der Waals surface area contributed by atoms with E-state index in [0.717, 1.165) is 36.6 Å². The summed E-state index contributed by atoms with van der Waals surface area (Å²) in [4.78, 5) is 6.89. The van der Waals surface area contributed by atoms with Gasteiger partial charge in [0.15, 0.2) is 0 Å². The van der Waals surface area contributed by atoms with Gasteiger partial charge in [0.25, 0.3) is 0 Å². The van der Waals surface area contributed by atoms with E-state index in [2.05, 4.69) is 28.0 Å². The van der Waals surface area contributed by atoms with E-state index in [9.17, 15) is 5.11 Å². The number of hydrogen-bond acceptors (Lipinski definition) is 5. The van der Waals surface area contributed by atoms with Gasteiger partial charge in [-0.15, -0.1) is 0 Å². The van der Waals surface area contributed by atoms with Crippen molar-refractivity contribution < 1.29 is 10.2 Å². The molecule has 0 aliphatic carbocycles. The van der Waals surface area contributed by atoms with Gasteiger partial charge >= 0.3 is 0 Å².